The number of rotatable bonds is 4. The second kappa shape index (κ2) is 10.9. The van der Waals surface area contributed by atoms with Crippen molar-refractivity contribution in [1.29, 1.82) is 0 Å². The molecule has 0 aliphatic heterocycles. The molecular weight excluding hydrogens is 597 g/mol. The first-order chi connectivity index (χ1) is 24.2. The summed E-state index contributed by atoms with van der Waals surface area (Å²) in [5.74, 6) is 1.03. The molecule has 9 aromatic rings. The molecule has 3 aromatic heterocycles. The number of fused-ring (bicyclic) bond motifs is 7. The van der Waals surface area contributed by atoms with Crippen LogP contribution in [0.1, 0.15) is 36.1 Å². The summed E-state index contributed by atoms with van der Waals surface area (Å²) in [4.78, 5) is 10.4. The molecule has 0 saturated heterocycles. The van der Waals surface area contributed by atoms with Crippen molar-refractivity contribution in [1.82, 2.24) is 19.1 Å². The molecule has 4 heteroatoms. The van der Waals surface area contributed by atoms with E-state index in [1.165, 1.54) is 49.8 Å². The van der Waals surface area contributed by atoms with Crippen LogP contribution < -0.4 is 0 Å². The highest BCUT2D eigenvalue weighted by Crippen LogP contribution is 2.45. The third-order valence-corrected chi connectivity index (χ3v) is 10.2. The molecule has 10 rings (SSSR count). The van der Waals surface area contributed by atoms with E-state index >= 15 is 0 Å². The number of aromatic nitrogens is 4. The number of nitrogens with zero attached hydrogens (tertiary/aromatic N) is 4. The molecular formula is C45H32N4. The number of allylic oxidation sites excluding steroid dienone is 1. The molecule has 4 nitrogen and oxygen atoms in total. The minimum atomic E-state index is 0.349. The van der Waals surface area contributed by atoms with Crippen LogP contribution in [0, 0.1) is 0 Å². The van der Waals surface area contributed by atoms with E-state index in [0.29, 0.717) is 11.9 Å². The van der Waals surface area contributed by atoms with Crippen LogP contribution in [0.15, 0.2) is 152 Å². The van der Waals surface area contributed by atoms with Crippen molar-refractivity contribution in [2.24, 2.45) is 0 Å². The summed E-state index contributed by atoms with van der Waals surface area (Å²) in [6.07, 6.45) is 3.41. The summed E-state index contributed by atoms with van der Waals surface area (Å²) in [6.45, 7) is 2.37. The lowest BCUT2D eigenvalue weighted by Gasteiger charge is -2.24. The maximum atomic E-state index is 5.26. The first kappa shape index (κ1) is 27.8. The van der Waals surface area contributed by atoms with Gasteiger partial charge in [-0.3, -0.25) is 4.57 Å². The zero-order valence-corrected chi connectivity index (χ0v) is 27.1. The topological polar surface area (TPSA) is 35.6 Å². The van der Waals surface area contributed by atoms with Crippen LogP contribution >= 0.6 is 0 Å². The summed E-state index contributed by atoms with van der Waals surface area (Å²) >= 11 is 0. The number of hydrogen-bond donors (Lipinski definition) is 0. The molecule has 6 aromatic carbocycles. The molecule has 1 aliphatic carbocycles. The van der Waals surface area contributed by atoms with Crippen molar-refractivity contribution >= 4 is 55.3 Å². The molecule has 0 spiro atoms. The minimum Gasteiger partial charge on any atom is -0.313 e. The quantitative estimate of drug-likeness (QED) is 0.194. The fourth-order valence-electron chi connectivity index (χ4n) is 8.01. The van der Waals surface area contributed by atoms with E-state index in [1.807, 2.05) is 12.1 Å². The molecule has 0 saturated carbocycles. The summed E-state index contributed by atoms with van der Waals surface area (Å²) in [5.41, 5.74) is 13.0. The summed E-state index contributed by atoms with van der Waals surface area (Å²) in [7, 11) is 0. The average molecular weight is 629 g/mol. The maximum Gasteiger partial charge on any atom is 0.235 e. The second-order valence-corrected chi connectivity index (χ2v) is 13.1. The van der Waals surface area contributed by atoms with E-state index in [1.54, 1.807) is 0 Å². The van der Waals surface area contributed by atoms with Gasteiger partial charge in [0.15, 0.2) is 0 Å². The van der Waals surface area contributed by atoms with Gasteiger partial charge in [0.25, 0.3) is 0 Å². The number of benzene rings is 6. The second-order valence-electron chi connectivity index (χ2n) is 13.1. The third kappa shape index (κ3) is 4.31. The van der Waals surface area contributed by atoms with Gasteiger partial charge in [-0.25, -0.2) is 9.97 Å². The lowest BCUT2D eigenvalue weighted by molar-refractivity contribution is 0.733. The van der Waals surface area contributed by atoms with E-state index in [-0.39, 0.29) is 0 Å². The molecule has 3 heterocycles. The highest BCUT2D eigenvalue weighted by atomic mass is 15.2. The maximum absolute atomic E-state index is 5.26. The van der Waals surface area contributed by atoms with Gasteiger partial charge >= 0.3 is 0 Å². The predicted molar refractivity (Wildman–Crippen MR) is 203 cm³/mol. The molecule has 0 fully saturated rings. The Bertz CT molecular complexity index is 2750. The monoisotopic (exact) mass is 628 g/mol. The fourth-order valence-corrected chi connectivity index (χ4v) is 8.01. The molecule has 1 unspecified atom stereocenters. The Balaban J connectivity index is 1.17. The third-order valence-electron chi connectivity index (χ3n) is 10.2. The van der Waals surface area contributed by atoms with Gasteiger partial charge in [-0.2, -0.15) is 0 Å². The zero-order valence-electron chi connectivity index (χ0n) is 27.1. The molecule has 1 aliphatic rings. The molecule has 1 atom stereocenters. The van der Waals surface area contributed by atoms with E-state index in [9.17, 15) is 0 Å². The van der Waals surface area contributed by atoms with Gasteiger partial charge < -0.3 is 4.57 Å². The van der Waals surface area contributed by atoms with E-state index < -0.39 is 0 Å². The lowest BCUT2D eigenvalue weighted by atomic mass is 9.84. The Morgan fingerprint density at radius 1 is 0.531 bits per heavy atom. The van der Waals surface area contributed by atoms with Crippen molar-refractivity contribution in [2.75, 3.05) is 0 Å². The Morgan fingerprint density at radius 3 is 1.96 bits per heavy atom. The van der Waals surface area contributed by atoms with E-state index in [2.05, 4.69) is 162 Å². The first-order valence-corrected chi connectivity index (χ1v) is 17.0. The fraction of sp³-hybridized carbons (Fsp3) is 0.0667. The summed E-state index contributed by atoms with van der Waals surface area (Å²) in [6, 6.07) is 53.9. The van der Waals surface area contributed by atoms with Crippen molar-refractivity contribution in [3.63, 3.8) is 0 Å². The van der Waals surface area contributed by atoms with E-state index in [4.69, 9.17) is 9.97 Å². The van der Waals surface area contributed by atoms with Gasteiger partial charge in [0.05, 0.1) is 27.8 Å². The molecule has 0 radical (unpaired) electrons. The Labute approximate surface area is 284 Å². The van der Waals surface area contributed by atoms with Gasteiger partial charge in [-0.15, -0.1) is 0 Å². The van der Waals surface area contributed by atoms with Crippen molar-refractivity contribution in [2.45, 2.75) is 19.3 Å². The van der Waals surface area contributed by atoms with Crippen LogP contribution in [0.2, 0.25) is 0 Å². The smallest absolute Gasteiger partial charge is 0.235 e. The molecule has 49 heavy (non-hydrogen) atoms. The van der Waals surface area contributed by atoms with Crippen LogP contribution in [0.25, 0.3) is 78.2 Å². The largest absolute Gasteiger partial charge is 0.313 e. The van der Waals surface area contributed by atoms with Gasteiger partial charge in [0.1, 0.15) is 0 Å². The normalized spacial score (nSPS) is 14.5. The van der Waals surface area contributed by atoms with Crippen LogP contribution in [0.5, 0.6) is 0 Å². The highest BCUT2D eigenvalue weighted by molar-refractivity contribution is 6.11. The standard InChI is InChI=1S/C45H32N4/c1-29-26-32(28-38-35-19-10-12-22-40(35)48(44(29)38)33-16-6-3-7-17-33)31-24-25-42-37(27-31)34-18-9-13-23-41(34)49(42)45-46-39-21-11-8-20-36(39)43(47-45)30-14-4-2-5-15-30/h2-25,27-29H,26H2,1H3. The van der Waals surface area contributed by atoms with Crippen molar-refractivity contribution in [3.05, 3.63) is 168 Å². The highest BCUT2D eigenvalue weighted by Gasteiger charge is 2.27. The number of hydrogen-bond acceptors (Lipinski definition) is 2. The molecule has 232 valence electrons. The van der Waals surface area contributed by atoms with Gasteiger partial charge in [0, 0.05) is 50.0 Å². The van der Waals surface area contributed by atoms with Crippen molar-refractivity contribution in [3.8, 4) is 22.9 Å². The van der Waals surface area contributed by atoms with Gasteiger partial charge in [-0.1, -0.05) is 116 Å². The molecule has 0 bridgehead atoms. The Kier molecular flexibility index (Phi) is 6.18. The van der Waals surface area contributed by atoms with Gasteiger partial charge in [-0.05, 0) is 66.1 Å². The van der Waals surface area contributed by atoms with Crippen LogP contribution in [-0.2, 0) is 0 Å². The van der Waals surface area contributed by atoms with Gasteiger partial charge in [0.2, 0.25) is 5.95 Å². The minimum absolute atomic E-state index is 0.349. The van der Waals surface area contributed by atoms with Crippen LogP contribution in [0.3, 0.4) is 0 Å². The van der Waals surface area contributed by atoms with Crippen LogP contribution in [0.4, 0.5) is 0 Å². The summed E-state index contributed by atoms with van der Waals surface area (Å²) in [5, 5.41) is 4.75. The zero-order chi connectivity index (χ0) is 32.5. The predicted octanol–water partition coefficient (Wildman–Crippen LogP) is 11.4. The number of para-hydroxylation sites is 4. The first-order valence-electron chi connectivity index (χ1n) is 17.0. The molecule has 0 amide bonds. The SMILES string of the molecule is CC1CC(c2ccc3c(c2)c2ccccc2n3-c2nc(-c3ccccc3)c3ccccc3n2)=Cc2c1n(-c1ccccc1)c1ccccc21. The average Bonchev–Trinajstić information content (AvgIpc) is 3.68. The Morgan fingerprint density at radius 2 is 1.16 bits per heavy atom. The van der Waals surface area contributed by atoms with E-state index in [0.717, 1.165) is 39.6 Å². The molecule has 0 N–H and O–H groups in total. The Hall–Kier alpha value is -6.26. The lowest BCUT2D eigenvalue weighted by Crippen LogP contribution is -2.09. The summed E-state index contributed by atoms with van der Waals surface area (Å²) < 4.78 is 4.70. The van der Waals surface area contributed by atoms with Crippen molar-refractivity contribution < 1.29 is 0 Å². The van der Waals surface area contributed by atoms with Crippen LogP contribution in [-0.4, -0.2) is 19.1 Å².